The number of benzene rings is 6. The Hall–Kier alpha value is -7.24. The third-order valence-corrected chi connectivity index (χ3v) is 12.0. The number of aliphatic imine (C=N–C) groups is 2. The van der Waals surface area contributed by atoms with Crippen molar-refractivity contribution < 1.29 is 4.74 Å². The highest BCUT2D eigenvalue weighted by atomic mass is 16.5. The predicted octanol–water partition coefficient (Wildman–Crippen LogP) is 14.4. The summed E-state index contributed by atoms with van der Waals surface area (Å²) in [5.41, 5.74) is 12.4. The first-order valence-corrected chi connectivity index (χ1v) is 21.6. The molecule has 62 heavy (non-hydrogen) atoms. The zero-order valence-corrected chi connectivity index (χ0v) is 35.7. The van der Waals surface area contributed by atoms with E-state index in [1.54, 1.807) is 0 Å². The van der Waals surface area contributed by atoms with Gasteiger partial charge < -0.3 is 14.2 Å². The van der Waals surface area contributed by atoms with Gasteiger partial charge in [-0.1, -0.05) is 134 Å². The van der Waals surface area contributed by atoms with E-state index in [1.807, 2.05) is 25.1 Å². The van der Waals surface area contributed by atoms with E-state index in [0.717, 1.165) is 57.2 Å². The first-order valence-electron chi connectivity index (χ1n) is 21.6. The number of allylic oxidation sites excluding steroid dienone is 5. The third-order valence-electron chi connectivity index (χ3n) is 12.0. The number of para-hydroxylation sites is 2. The van der Waals surface area contributed by atoms with Gasteiger partial charge in [0.25, 0.3) is 0 Å². The van der Waals surface area contributed by atoms with Crippen molar-refractivity contribution in [1.82, 2.24) is 4.57 Å². The van der Waals surface area contributed by atoms with Gasteiger partial charge in [0.2, 0.25) is 0 Å². The highest BCUT2D eigenvalue weighted by molar-refractivity contribution is 6.11. The summed E-state index contributed by atoms with van der Waals surface area (Å²) in [6, 6.07) is 50.2. The van der Waals surface area contributed by atoms with Crippen LogP contribution in [0.15, 0.2) is 205 Å². The smallest absolute Gasteiger partial charge is 0.136 e. The Morgan fingerprint density at radius 3 is 2.18 bits per heavy atom. The maximum Gasteiger partial charge on any atom is 0.136 e. The van der Waals surface area contributed by atoms with Crippen molar-refractivity contribution in [2.24, 2.45) is 15.9 Å². The number of nitrogens with zero attached hydrogens (tertiary/aromatic N) is 4. The molecule has 1 aliphatic heterocycles. The van der Waals surface area contributed by atoms with Gasteiger partial charge in [-0.25, -0.2) is 9.98 Å². The zero-order valence-electron chi connectivity index (χ0n) is 35.7. The summed E-state index contributed by atoms with van der Waals surface area (Å²) in [6.07, 6.45) is 18.4. The Bertz CT molecular complexity index is 3040. The van der Waals surface area contributed by atoms with E-state index in [0.29, 0.717) is 5.70 Å². The highest BCUT2D eigenvalue weighted by Crippen LogP contribution is 2.49. The van der Waals surface area contributed by atoms with Crippen molar-refractivity contribution >= 4 is 50.4 Å². The number of fused-ring (bicyclic) bond motifs is 6. The Balaban J connectivity index is 1.09. The first kappa shape index (κ1) is 38.9. The number of hydrogen-bond acceptors (Lipinski definition) is 3. The maximum absolute atomic E-state index is 6.60. The molecule has 0 fully saturated rings. The van der Waals surface area contributed by atoms with Crippen molar-refractivity contribution in [3.63, 3.8) is 0 Å². The molecule has 3 unspecified atom stereocenters. The molecule has 7 aromatic rings. The highest BCUT2D eigenvalue weighted by Gasteiger charge is 2.37. The average molecular weight is 807 g/mol. The van der Waals surface area contributed by atoms with Gasteiger partial charge in [0.15, 0.2) is 0 Å². The van der Waals surface area contributed by atoms with Crippen molar-refractivity contribution in [3.05, 3.63) is 211 Å². The van der Waals surface area contributed by atoms with Crippen LogP contribution in [-0.4, -0.2) is 27.8 Å². The van der Waals surface area contributed by atoms with Crippen molar-refractivity contribution in [1.29, 1.82) is 0 Å². The summed E-state index contributed by atoms with van der Waals surface area (Å²) in [5.74, 6) is 1.78. The van der Waals surface area contributed by atoms with Crippen LogP contribution in [0, 0.1) is 5.92 Å². The molecule has 5 heteroatoms. The molecule has 0 saturated heterocycles. The largest absolute Gasteiger partial charge is 0.488 e. The second-order valence-corrected chi connectivity index (χ2v) is 17.4. The monoisotopic (exact) mass is 806 g/mol. The van der Waals surface area contributed by atoms with Crippen LogP contribution in [-0.2, 0) is 0 Å². The van der Waals surface area contributed by atoms with Gasteiger partial charge in [0, 0.05) is 50.9 Å². The molecule has 1 aromatic heterocycles. The quantitative estimate of drug-likeness (QED) is 0.113. The van der Waals surface area contributed by atoms with Gasteiger partial charge in [-0.15, -0.1) is 0 Å². The summed E-state index contributed by atoms with van der Waals surface area (Å²) < 4.78 is 9.03. The lowest BCUT2D eigenvalue weighted by atomic mass is 9.91. The Morgan fingerprint density at radius 1 is 0.645 bits per heavy atom. The van der Waals surface area contributed by atoms with Crippen LogP contribution in [0.1, 0.15) is 56.7 Å². The lowest BCUT2D eigenvalue weighted by molar-refractivity contribution is 0.131. The van der Waals surface area contributed by atoms with Crippen LogP contribution in [0.5, 0.6) is 5.75 Å². The summed E-state index contributed by atoms with van der Waals surface area (Å²) in [4.78, 5) is 12.8. The normalized spacial score (nSPS) is 18.4. The number of anilines is 2. The summed E-state index contributed by atoms with van der Waals surface area (Å²) >= 11 is 0. The number of amidine groups is 1. The molecule has 0 saturated carbocycles. The average Bonchev–Trinajstić information content (AvgIpc) is 3.81. The first-order chi connectivity index (χ1) is 30.2. The Kier molecular flexibility index (Phi) is 10.0. The molecular formula is C57H50N4O. The van der Waals surface area contributed by atoms with E-state index in [1.165, 1.54) is 33.2 Å². The topological polar surface area (TPSA) is 42.1 Å². The lowest BCUT2D eigenvalue weighted by Gasteiger charge is -2.28. The number of hydrogen-bond donors (Lipinski definition) is 0. The van der Waals surface area contributed by atoms with Gasteiger partial charge in [-0.05, 0) is 117 Å². The zero-order chi connectivity index (χ0) is 42.4. The molecule has 0 radical (unpaired) electrons. The third kappa shape index (κ3) is 7.45. The number of rotatable bonds is 8. The van der Waals surface area contributed by atoms with Crippen LogP contribution < -0.4 is 9.64 Å². The molecule has 6 aromatic carbocycles. The summed E-state index contributed by atoms with van der Waals surface area (Å²) in [6.45, 7) is 12.8. The van der Waals surface area contributed by atoms with Crippen molar-refractivity contribution in [2.45, 2.75) is 51.7 Å². The molecule has 0 spiro atoms. The minimum atomic E-state index is -0.412. The van der Waals surface area contributed by atoms with Crippen LogP contribution in [0.2, 0.25) is 0 Å². The standard InChI is InChI=1S/C57H50N4O/c1-38(40-19-9-6-10-20-40)58-56(41-21-11-7-12-22-41)59-39(2)43-33-44(35-47(34-43)62-57(3,4)5)42-29-31-50-48-25-15-17-27-52(48)61(55(50)36-42)46-30-32-54-51(37-46)49-26-16-18-28-53(49)60(54)45-23-13-8-14-24-45/h6-21,23-37,41,49,53H,2,22H2,1,3-5H3/b58-38+,59-56-. The fourth-order valence-corrected chi connectivity index (χ4v) is 9.21. The lowest BCUT2D eigenvalue weighted by Crippen LogP contribution is -2.28. The molecule has 0 N–H and O–H groups in total. The molecule has 5 nitrogen and oxygen atoms in total. The van der Waals surface area contributed by atoms with Crippen LogP contribution in [0.25, 0.3) is 44.3 Å². The Labute approximate surface area is 364 Å². The van der Waals surface area contributed by atoms with Gasteiger partial charge in [-0.2, -0.15) is 0 Å². The second kappa shape index (κ2) is 16.0. The molecule has 10 rings (SSSR count). The van der Waals surface area contributed by atoms with E-state index in [2.05, 4.69) is 207 Å². The molecule has 3 atom stereocenters. The molecule has 2 aliphatic carbocycles. The SMILES string of the molecule is C=C(/N=C(\N=C(/C)c1ccccc1)C1C=CC=CC1)c1cc(OC(C)(C)C)cc(-c2ccc3c4ccccc4n(-c4ccc5c(c4)C4C=CC=CC4N5c4ccccc4)c3c2)c1. The second-order valence-electron chi connectivity index (χ2n) is 17.4. The fourth-order valence-electron chi connectivity index (χ4n) is 9.21. The van der Waals surface area contributed by atoms with Crippen LogP contribution >= 0.6 is 0 Å². The molecule has 0 bridgehead atoms. The molecule has 0 amide bonds. The fraction of sp³-hybridized carbons (Fsp3) is 0.158. The summed E-state index contributed by atoms with van der Waals surface area (Å²) in [5, 5.41) is 2.42. The van der Waals surface area contributed by atoms with E-state index < -0.39 is 5.60 Å². The van der Waals surface area contributed by atoms with Crippen molar-refractivity contribution in [3.8, 4) is 22.6 Å². The molecular weight excluding hydrogens is 757 g/mol. The van der Waals surface area contributed by atoms with Crippen molar-refractivity contribution in [2.75, 3.05) is 4.90 Å². The number of aromatic nitrogens is 1. The Morgan fingerprint density at radius 2 is 1.39 bits per heavy atom. The number of ether oxygens (including phenoxy) is 1. The summed E-state index contributed by atoms with van der Waals surface area (Å²) in [7, 11) is 0. The van der Waals surface area contributed by atoms with E-state index in [9.17, 15) is 0 Å². The van der Waals surface area contributed by atoms with Gasteiger partial charge in [0.05, 0.1) is 22.8 Å². The molecule has 304 valence electrons. The van der Waals surface area contributed by atoms with Gasteiger partial charge in [0.1, 0.15) is 17.2 Å². The predicted molar refractivity (Wildman–Crippen MR) is 261 cm³/mol. The van der Waals surface area contributed by atoms with Crippen LogP contribution in [0.3, 0.4) is 0 Å². The molecule has 2 heterocycles. The van der Waals surface area contributed by atoms with Gasteiger partial charge in [-0.3, -0.25) is 0 Å². The minimum absolute atomic E-state index is 0.0327. The van der Waals surface area contributed by atoms with E-state index in [4.69, 9.17) is 14.7 Å². The van der Waals surface area contributed by atoms with E-state index in [-0.39, 0.29) is 17.9 Å². The van der Waals surface area contributed by atoms with Gasteiger partial charge >= 0.3 is 0 Å². The minimum Gasteiger partial charge on any atom is -0.488 e. The van der Waals surface area contributed by atoms with E-state index >= 15 is 0 Å². The van der Waals surface area contributed by atoms with Crippen LogP contribution in [0.4, 0.5) is 11.4 Å². The maximum atomic E-state index is 6.60. The molecule has 3 aliphatic rings.